The van der Waals surface area contributed by atoms with Crippen molar-refractivity contribution >= 4 is 16.5 Å². The molecule has 1 N–H and O–H groups in total. The second-order valence-corrected chi connectivity index (χ2v) is 3.62. The summed E-state index contributed by atoms with van der Waals surface area (Å²) in [5.74, 6) is 0. The van der Waals surface area contributed by atoms with Crippen LogP contribution >= 0.6 is 11.3 Å². The predicted molar refractivity (Wildman–Crippen MR) is 56.3 cm³/mol. The van der Waals surface area contributed by atoms with Gasteiger partial charge in [-0.3, -0.25) is 0 Å². The highest BCUT2D eigenvalue weighted by Gasteiger charge is 1.92. The predicted octanol–water partition coefficient (Wildman–Crippen LogP) is 2.37. The summed E-state index contributed by atoms with van der Waals surface area (Å²) in [6.07, 6.45) is 4.14. The number of hydrogen-bond donors (Lipinski definition) is 1. The van der Waals surface area contributed by atoms with Crippen LogP contribution in [0.4, 0.5) is 5.13 Å². The molecule has 4 heteroatoms. The Labute approximate surface area is 83.1 Å². The van der Waals surface area contributed by atoms with Gasteiger partial charge in [-0.1, -0.05) is 13.3 Å². The molecule has 1 aromatic heterocycles. The summed E-state index contributed by atoms with van der Waals surface area (Å²) in [6, 6.07) is 0. The van der Waals surface area contributed by atoms with Crippen molar-refractivity contribution in [2.45, 2.75) is 19.8 Å². The molecule has 0 atom stereocenters. The van der Waals surface area contributed by atoms with Crippen molar-refractivity contribution in [2.24, 2.45) is 0 Å². The van der Waals surface area contributed by atoms with E-state index in [-0.39, 0.29) is 0 Å². The topological polar surface area (TPSA) is 34.1 Å². The Balaban J connectivity index is 1.90. The average Bonchev–Trinajstić information content (AvgIpc) is 2.63. The quantitative estimate of drug-likeness (QED) is 0.686. The number of nitrogens with one attached hydrogen (secondary N) is 1. The normalized spacial score (nSPS) is 10.2. The molecule has 0 saturated heterocycles. The monoisotopic (exact) mass is 200 g/mol. The van der Waals surface area contributed by atoms with E-state index in [1.54, 1.807) is 17.5 Å². The molecule has 1 aromatic rings. The smallest absolute Gasteiger partial charge is 0.182 e. The van der Waals surface area contributed by atoms with Crippen LogP contribution in [0.1, 0.15) is 19.8 Å². The number of aromatic nitrogens is 1. The van der Waals surface area contributed by atoms with E-state index in [0.29, 0.717) is 0 Å². The average molecular weight is 200 g/mol. The lowest BCUT2D eigenvalue weighted by Gasteiger charge is -2.03. The van der Waals surface area contributed by atoms with Gasteiger partial charge in [0.1, 0.15) is 0 Å². The van der Waals surface area contributed by atoms with Gasteiger partial charge in [-0.25, -0.2) is 4.98 Å². The standard InChI is InChI=1S/C9H16N2OS/c1-2-3-6-12-7-4-10-9-11-5-8-13-9/h5,8H,2-4,6-7H2,1H3,(H,10,11). The molecule has 74 valence electrons. The van der Waals surface area contributed by atoms with Crippen LogP contribution in [0.15, 0.2) is 11.6 Å². The lowest BCUT2D eigenvalue weighted by molar-refractivity contribution is 0.141. The van der Waals surface area contributed by atoms with Crippen LogP contribution in [0, 0.1) is 0 Å². The Hall–Kier alpha value is -0.610. The lowest BCUT2D eigenvalue weighted by atomic mass is 10.4. The van der Waals surface area contributed by atoms with E-state index in [9.17, 15) is 0 Å². The first-order chi connectivity index (χ1) is 6.43. The number of rotatable bonds is 7. The van der Waals surface area contributed by atoms with Crippen LogP contribution in [-0.2, 0) is 4.74 Å². The van der Waals surface area contributed by atoms with Crippen LogP contribution < -0.4 is 5.32 Å². The molecule has 0 radical (unpaired) electrons. The molecular weight excluding hydrogens is 184 g/mol. The zero-order chi connectivity index (χ0) is 9.36. The molecule has 0 aliphatic carbocycles. The van der Waals surface area contributed by atoms with Gasteiger partial charge in [-0.15, -0.1) is 11.3 Å². The summed E-state index contributed by atoms with van der Waals surface area (Å²) >= 11 is 1.61. The Morgan fingerprint density at radius 1 is 1.54 bits per heavy atom. The molecule has 0 bridgehead atoms. The molecule has 1 rings (SSSR count). The molecule has 3 nitrogen and oxygen atoms in total. The summed E-state index contributed by atoms with van der Waals surface area (Å²) in [7, 11) is 0. The largest absolute Gasteiger partial charge is 0.380 e. The Bertz CT molecular complexity index is 201. The van der Waals surface area contributed by atoms with E-state index in [2.05, 4.69) is 17.2 Å². The van der Waals surface area contributed by atoms with Crippen molar-refractivity contribution in [3.63, 3.8) is 0 Å². The molecule has 0 aromatic carbocycles. The first-order valence-corrected chi connectivity index (χ1v) is 5.52. The van der Waals surface area contributed by atoms with Crippen LogP contribution in [0.3, 0.4) is 0 Å². The minimum absolute atomic E-state index is 0.763. The Kier molecular flexibility index (Phi) is 5.52. The van der Waals surface area contributed by atoms with Gasteiger partial charge < -0.3 is 10.1 Å². The highest BCUT2D eigenvalue weighted by Crippen LogP contribution is 2.08. The van der Waals surface area contributed by atoms with Crippen molar-refractivity contribution in [3.8, 4) is 0 Å². The second kappa shape index (κ2) is 6.86. The maximum Gasteiger partial charge on any atom is 0.182 e. The van der Waals surface area contributed by atoms with Crippen LogP contribution in [0.2, 0.25) is 0 Å². The summed E-state index contributed by atoms with van der Waals surface area (Å²) in [5, 5.41) is 6.11. The number of unbranched alkanes of at least 4 members (excludes halogenated alkanes) is 1. The number of ether oxygens (including phenoxy) is 1. The first-order valence-electron chi connectivity index (χ1n) is 4.64. The fraction of sp³-hybridized carbons (Fsp3) is 0.667. The third kappa shape index (κ3) is 4.85. The minimum atomic E-state index is 0.763. The van der Waals surface area contributed by atoms with Gasteiger partial charge >= 0.3 is 0 Å². The van der Waals surface area contributed by atoms with E-state index < -0.39 is 0 Å². The first kappa shape index (κ1) is 10.5. The Morgan fingerprint density at radius 3 is 3.15 bits per heavy atom. The van der Waals surface area contributed by atoms with Crippen molar-refractivity contribution in [1.29, 1.82) is 0 Å². The van der Waals surface area contributed by atoms with E-state index in [1.807, 2.05) is 5.38 Å². The van der Waals surface area contributed by atoms with Crippen molar-refractivity contribution in [1.82, 2.24) is 4.98 Å². The Morgan fingerprint density at radius 2 is 2.46 bits per heavy atom. The van der Waals surface area contributed by atoms with Gasteiger partial charge in [-0.2, -0.15) is 0 Å². The maximum atomic E-state index is 5.39. The molecule has 0 amide bonds. The lowest BCUT2D eigenvalue weighted by Crippen LogP contribution is -2.09. The zero-order valence-corrected chi connectivity index (χ0v) is 8.77. The molecule has 0 saturated carbocycles. The van der Waals surface area contributed by atoms with Crippen molar-refractivity contribution < 1.29 is 4.74 Å². The van der Waals surface area contributed by atoms with Crippen LogP contribution in [-0.4, -0.2) is 24.7 Å². The minimum Gasteiger partial charge on any atom is -0.380 e. The molecular formula is C9H16N2OS. The van der Waals surface area contributed by atoms with E-state index in [4.69, 9.17) is 4.74 Å². The van der Waals surface area contributed by atoms with Gasteiger partial charge in [0.05, 0.1) is 6.61 Å². The van der Waals surface area contributed by atoms with E-state index in [1.165, 1.54) is 6.42 Å². The number of anilines is 1. The third-order valence-corrected chi connectivity index (χ3v) is 2.33. The van der Waals surface area contributed by atoms with Gasteiger partial charge in [0.2, 0.25) is 0 Å². The summed E-state index contributed by atoms with van der Waals surface area (Å²) in [6.45, 7) is 4.64. The molecule has 0 fully saturated rings. The highest BCUT2D eigenvalue weighted by atomic mass is 32.1. The molecule has 0 unspecified atom stereocenters. The summed E-state index contributed by atoms with van der Waals surface area (Å²) in [5.41, 5.74) is 0. The second-order valence-electron chi connectivity index (χ2n) is 2.73. The van der Waals surface area contributed by atoms with Crippen LogP contribution in [0.25, 0.3) is 0 Å². The van der Waals surface area contributed by atoms with Gasteiger partial charge in [-0.05, 0) is 6.42 Å². The van der Waals surface area contributed by atoms with Crippen molar-refractivity contribution in [3.05, 3.63) is 11.6 Å². The number of nitrogens with zero attached hydrogens (tertiary/aromatic N) is 1. The highest BCUT2D eigenvalue weighted by molar-refractivity contribution is 7.13. The van der Waals surface area contributed by atoms with Gasteiger partial charge in [0.25, 0.3) is 0 Å². The van der Waals surface area contributed by atoms with E-state index in [0.717, 1.165) is 31.3 Å². The zero-order valence-electron chi connectivity index (χ0n) is 7.95. The summed E-state index contributed by atoms with van der Waals surface area (Å²) < 4.78 is 5.39. The van der Waals surface area contributed by atoms with Gasteiger partial charge in [0, 0.05) is 24.7 Å². The number of hydrogen-bond acceptors (Lipinski definition) is 4. The molecule has 0 aliphatic rings. The molecule has 0 spiro atoms. The SMILES string of the molecule is CCCCOCCNc1nccs1. The molecule has 13 heavy (non-hydrogen) atoms. The van der Waals surface area contributed by atoms with E-state index >= 15 is 0 Å². The van der Waals surface area contributed by atoms with Crippen molar-refractivity contribution in [2.75, 3.05) is 25.1 Å². The van der Waals surface area contributed by atoms with Gasteiger partial charge in [0.15, 0.2) is 5.13 Å². The third-order valence-electron chi connectivity index (χ3n) is 1.60. The molecule has 1 heterocycles. The molecule has 0 aliphatic heterocycles. The fourth-order valence-electron chi connectivity index (χ4n) is 0.889. The summed E-state index contributed by atoms with van der Waals surface area (Å²) in [4.78, 5) is 4.10. The number of thiazole rings is 1. The van der Waals surface area contributed by atoms with Crippen LogP contribution in [0.5, 0.6) is 0 Å². The fourth-order valence-corrected chi connectivity index (χ4v) is 1.45. The maximum absolute atomic E-state index is 5.39.